The number of benzene rings is 1. The molecule has 1 aromatic carbocycles. The lowest BCUT2D eigenvalue weighted by Crippen LogP contribution is -2.25. The molecule has 88 valence electrons. The maximum atomic E-state index is 6.13. The molecule has 0 saturated heterocycles. The molecular weight excluding hydrogens is 194 g/mol. The van der Waals surface area contributed by atoms with Gasteiger partial charge < -0.3 is 5.73 Å². The van der Waals surface area contributed by atoms with Crippen LogP contribution in [0.25, 0.3) is 0 Å². The molecule has 1 aromatic rings. The fraction of sp³-hybridized carbons (Fsp3) is 0.600. The van der Waals surface area contributed by atoms with Crippen molar-refractivity contribution >= 4 is 0 Å². The Morgan fingerprint density at radius 3 is 2.19 bits per heavy atom. The highest BCUT2D eigenvalue weighted by Crippen LogP contribution is 2.33. The Kier molecular flexibility index (Phi) is 3.07. The van der Waals surface area contributed by atoms with Crippen molar-refractivity contribution in [2.75, 3.05) is 0 Å². The van der Waals surface area contributed by atoms with Crippen LogP contribution in [0.1, 0.15) is 44.7 Å². The number of hydrogen-bond donors (Lipinski definition) is 1. The zero-order valence-electron chi connectivity index (χ0n) is 10.7. The average Bonchev–Trinajstić information content (AvgIpc) is 3.00. The Hall–Kier alpha value is -0.820. The van der Waals surface area contributed by atoms with E-state index in [1.54, 1.807) is 0 Å². The van der Waals surface area contributed by atoms with Gasteiger partial charge in [0.1, 0.15) is 0 Å². The number of nitrogens with two attached hydrogens (primary N) is 1. The molecule has 1 nitrogen and oxygen atoms in total. The summed E-state index contributed by atoms with van der Waals surface area (Å²) in [4.78, 5) is 0. The summed E-state index contributed by atoms with van der Waals surface area (Å²) in [6.07, 6.45) is 3.71. The van der Waals surface area contributed by atoms with Gasteiger partial charge in [0.25, 0.3) is 0 Å². The molecule has 1 aliphatic carbocycles. The maximum absolute atomic E-state index is 6.13. The Balaban J connectivity index is 2.01. The summed E-state index contributed by atoms with van der Waals surface area (Å²) >= 11 is 0. The number of hydrogen-bond acceptors (Lipinski definition) is 1. The van der Waals surface area contributed by atoms with Crippen LogP contribution in [-0.4, -0.2) is 6.04 Å². The Labute approximate surface area is 99.0 Å². The zero-order chi connectivity index (χ0) is 11.8. The molecular formula is C15H23N. The van der Waals surface area contributed by atoms with E-state index in [4.69, 9.17) is 5.73 Å². The largest absolute Gasteiger partial charge is 0.327 e. The van der Waals surface area contributed by atoms with Crippen LogP contribution >= 0.6 is 0 Å². The molecule has 16 heavy (non-hydrogen) atoms. The predicted molar refractivity (Wildman–Crippen MR) is 69.5 cm³/mol. The molecule has 0 spiro atoms. The normalized spacial score (nSPS) is 18.5. The van der Waals surface area contributed by atoms with Gasteiger partial charge in [0.05, 0.1) is 0 Å². The summed E-state index contributed by atoms with van der Waals surface area (Å²) < 4.78 is 0. The second kappa shape index (κ2) is 4.21. The maximum Gasteiger partial charge on any atom is 0.0108 e. The molecule has 0 aliphatic heterocycles. The molecule has 1 atom stereocenters. The van der Waals surface area contributed by atoms with Crippen molar-refractivity contribution in [2.24, 2.45) is 11.7 Å². The Morgan fingerprint density at radius 1 is 1.19 bits per heavy atom. The molecule has 1 saturated carbocycles. The van der Waals surface area contributed by atoms with E-state index in [0.29, 0.717) is 6.04 Å². The van der Waals surface area contributed by atoms with E-state index in [0.717, 1.165) is 12.3 Å². The third-order valence-electron chi connectivity index (χ3n) is 3.52. The summed E-state index contributed by atoms with van der Waals surface area (Å²) in [5.41, 5.74) is 9.16. The summed E-state index contributed by atoms with van der Waals surface area (Å²) in [6, 6.07) is 9.34. The molecule has 0 bridgehead atoms. The molecule has 0 heterocycles. The SMILES string of the molecule is CC(C)(C)c1ccc(CC(N)C2CC2)cc1. The van der Waals surface area contributed by atoms with E-state index in [2.05, 4.69) is 45.0 Å². The van der Waals surface area contributed by atoms with E-state index in [1.165, 1.54) is 24.0 Å². The first-order chi connectivity index (χ1) is 7.47. The fourth-order valence-electron chi connectivity index (χ4n) is 2.10. The van der Waals surface area contributed by atoms with Crippen LogP contribution < -0.4 is 5.73 Å². The minimum Gasteiger partial charge on any atom is -0.327 e. The van der Waals surface area contributed by atoms with Crippen LogP contribution in [0.2, 0.25) is 0 Å². The minimum absolute atomic E-state index is 0.247. The summed E-state index contributed by atoms with van der Waals surface area (Å²) in [7, 11) is 0. The highest BCUT2D eigenvalue weighted by Gasteiger charge is 2.28. The first kappa shape index (κ1) is 11.7. The quantitative estimate of drug-likeness (QED) is 0.826. The van der Waals surface area contributed by atoms with Gasteiger partial charge in [-0.1, -0.05) is 45.0 Å². The molecule has 1 fully saturated rings. The van der Waals surface area contributed by atoms with Crippen molar-refractivity contribution < 1.29 is 0 Å². The second-order valence-electron chi connectivity index (χ2n) is 6.15. The van der Waals surface area contributed by atoms with Crippen LogP contribution in [0.4, 0.5) is 0 Å². The van der Waals surface area contributed by atoms with Crippen LogP contribution in [0.15, 0.2) is 24.3 Å². The molecule has 0 radical (unpaired) electrons. The van der Waals surface area contributed by atoms with Gasteiger partial charge in [0.2, 0.25) is 0 Å². The van der Waals surface area contributed by atoms with Gasteiger partial charge in [0.15, 0.2) is 0 Å². The van der Waals surface area contributed by atoms with E-state index in [9.17, 15) is 0 Å². The second-order valence-corrected chi connectivity index (χ2v) is 6.15. The fourth-order valence-corrected chi connectivity index (χ4v) is 2.10. The van der Waals surface area contributed by atoms with Crippen LogP contribution in [0, 0.1) is 5.92 Å². The highest BCUT2D eigenvalue weighted by atomic mass is 14.7. The van der Waals surface area contributed by atoms with Gasteiger partial charge in [-0.25, -0.2) is 0 Å². The molecule has 0 amide bonds. The van der Waals surface area contributed by atoms with Crippen molar-refractivity contribution in [3.05, 3.63) is 35.4 Å². The first-order valence-electron chi connectivity index (χ1n) is 6.32. The Bertz CT molecular complexity index is 341. The lowest BCUT2D eigenvalue weighted by molar-refractivity contribution is 0.583. The van der Waals surface area contributed by atoms with Crippen LogP contribution in [-0.2, 0) is 11.8 Å². The zero-order valence-corrected chi connectivity index (χ0v) is 10.7. The van der Waals surface area contributed by atoms with E-state index in [1.807, 2.05) is 0 Å². The van der Waals surface area contributed by atoms with Crippen molar-refractivity contribution in [1.82, 2.24) is 0 Å². The third-order valence-corrected chi connectivity index (χ3v) is 3.52. The van der Waals surface area contributed by atoms with E-state index in [-0.39, 0.29) is 5.41 Å². The van der Waals surface area contributed by atoms with Gasteiger partial charge in [-0.15, -0.1) is 0 Å². The predicted octanol–water partition coefficient (Wildman–Crippen LogP) is 3.26. The van der Waals surface area contributed by atoms with E-state index >= 15 is 0 Å². The molecule has 1 unspecified atom stereocenters. The van der Waals surface area contributed by atoms with Gasteiger partial charge in [0, 0.05) is 6.04 Å². The standard InChI is InChI=1S/C15H23N/c1-15(2,3)13-8-4-11(5-9-13)10-14(16)12-6-7-12/h4-5,8-9,12,14H,6-7,10,16H2,1-3H3. The molecule has 1 heteroatoms. The van der Waals surface area contributed by atoms with Crippen molar-refractivity contribution in [3.63, 3.8) is 0 Å². The van der Waals surface area contributed by atoms with E-state index < -0.39 is 0 Å². The highest BCUT2D eigenvalue weighted by molar-refractivity contribution is 5.28. The topological polar surface area (TPSA) is 26.0 Å². The summed E-state index contributed by atoms with van der Waals surface area (Å²) in [6.45, 7) is 6.74. The van der Waals surface area contributed by atoms with Crippen molar-refractivity contribution in [2.45, 2.75) is 51.5 Å². The number of rotatable bonds is 3. The van der Waals surface area contributed by atoms with Gasteiger partial charge >= 0.3 is 0 Å². The third kappa shape index (κ3) is 2.85. The Morgan fingerprint density at radius 2 is 1.75 bits per heavy atom. The molecule has 2 rings (SSSR count). The average molecular weight is 217 g/mol. The van der Waals surface area contributed by atoms with Crippen LogP contribution in [0.5, 0.6) is 0 Å². The van der Waals surface area contributed by atoms with Crippen molar-refractivity contribution in [1.29, 1.82) is 0 Å². The molecule has 2 N–H and O–H groups in total. The molecule has 1 aliphatic rings. The van der Waals surface area contributed by atoms with Crippen molar-refractivity contribution in [3.8, 4) is 0 Å². The summed E-state index contributed by atoms with van der Waals surface area (Å²) in [5, 5.41) is 0. The first-order valence-corrected chi connectivity index (χ1v) is 6.32. The lowest BCUT2D eigenvalue weighted by Gasteiger charge is -2.19. The monoisotopic (exact) mass is 217 g/mol. The van der Waals surface area contributed by atoms with Gasteiger partial charge in [-0.2, -0.15) is 0 Å². The minimum atomic E-state index is 0.247. The van der Waals surface area contributed by atoms with Gasteiger partial charge in [-0.3, -0.25) is 0 Å². The molecule has 0 aromatic heterocycles. The van der Waals surface area contributed by atoms with Gasteiger partial charge in [-0.05, 0) is 41.7 Å². The smallest absolute Gasteiger partial charge is 0.0108 e. The lowest BCUT2D eigenvalue weighted by atomic mass is 9.86. The summed E-state index contributed by atoms with van der Waals surface area (Å²) in [5.74, 6) is 0.794. The van der Waals surface area contributed by atoms with Crippen LogP contribution in [0.3, 0.4) is 0 Å².